The van der Waals surface area contributed by atoms with E-state index in [0.29, 0.717) is 12.1 Å². The van der Waals surface area contributed by atoms with Crippen molar-refractivity contribution in [2.75, 3.05) is 19.6 Å². The Bertz CT molecular complexity index is 634. The number of amides is 1. The number of nitrogens with one attached hydrogen (secondary N) is 1. The van der Waals surface area contributed by atoms with Crippen molar-refractivity contribution in [3.63, 3.8) is 0 Å². The van der Waals surface area contributed by atoms with Gasteiger partial charge in [0, 0.05) is 12.1 Å². The zero-order valence-corrected chi connectivity index (χ0v) is 14.5. The predicted molar refractivity (Wildman–Crippen MR) is 95.8 cm³/mol. The molecule has 3 rings (SSSR count). The summed E-state index contributed by atoms with van der Waals surface area (Å²) in [5.74, 6) is -0.475. The fraction of sp³-hybridized carbons (Fsp3) is 0.421. The number of carbonyl (C=O) groups excluding carboxylic acids is 1. The molecule has 1 saturated heterocycles. The maximum Gasteiger partial charge on any atom is 0.251 e. The summed E-state index contributed by atoms with van der Waals surface area (Å²) in [5, 5.41) is 7.28. The van der Waals surface area contributed by atoms with Crippen LogP contribution >= 0.6 is 11.3 Å². The summed E-state index contributed by atoms with van der Waals surface area (Å²) >= 11 is 1.69. The van der Waals surface area contributed by atoms with Crippen LogP contribution in [0.15, 0.2) is 41.1 Å². The zero-order valence-electron chi connectivity index (χ0n) is 13.7. The first kappa shape index (κ1) is 17.1. The van der Waals surface area contributed by atoms with Crippen LogP contribution < -0.4 is 5.32 Å². The van der Waals surface area contributed by atoms with Gasteiger partial charge in [0.05, 0.1) is 6.04 Å². The van der Waals surface area contributed by atoms with E-state index in [1.807, 2.05) is 0 Å². The minimum absolute atomic E-state index is 0.148. The summed E-state index contributed by atoms with van der Waals surface area (Å²) < 4.78 is 13.0. The number of thiophene rings is 1. The van der Waals surface area contributed by atoms with E-state index in [4.69, 9.17) is 0 Å². The highest BCUT2D eigenvalue weighted by Gasteiger charge is 2.22. The van der Waals surface area contributed by atoms with E-state index in [1.54, 1.807) is 11.3 Å². The molecule has 0 saturated carbocycles. The van der Waals surface area contributed by atoms with Gasteiger partial charge in [-0.15, -0.1) is 0 Å². The van der Waals surface area contributed by atoms with E-state index < -0.39 is 0 Å². The standard InChI is InChI=1S/C19H23FN2OS/c20-17-7-5-15(6-8-17)19(23)21-13-18(16-9-12-24-14-16)22-10-3-1-2-4-11-22/h5-9,12,14,18H,1-4,10-11,13H2,(H,21,23). The van der Waals surface area contributed by atoms with Gasteiger partial charge in [0.15, 0.2) is 0 Å². The first-order chi connectivity index (χ1) is 11.7. The maximum atomic E-state index is 13.0. The van der Waals surface area contributed by atoms with Crippen LogP contribution in [0.1, 0.15) is 47.6 Å². The van der Waals surface area contributed by atoms with Crippen LogP contribution in [0.4, 0.5) is 4.39 Å². The Morgan fingerprint density at radius 2 is 1.83 bits per heavy atom. The van der Waals surface area contributed by atoms with Crippen molar-refractivity contribution in [2.45, 2.75) is 31.7 Å². The van der Waals surface area contributed by atoms with Gasteiger partial charge in [0.25, 0.3) is 5.91 Å². The summed E-state index contributed by atoms with van der Waals surface area (Å²) in [6.45, 7) is 2.73. The molecule has 2 aromatic rings. The van der Waals surface area contributed by atoms with Crippen LogP contribution in [-0.2, 0) is 0 Å². The monoisotopic (exact) mass is 346 g/mol. The van der Waals surface area contributed by atoms with Crippen LogP contribution in [0.3, 0.4) is 0 Å². The van der Waals surface area contributed by atoms with Gasteiger partial charge in [-0.2, -0.15) is 11.3 Å². The molecule has 1 aromatic heterocycles. The second-order valence-electron chi connectivity index (χ2n) is 6.24. The Hall–Kier alpha value is -1.72. The van der Waals surface area contributed by atoms with Crippen LogP contribution in [-0.4, -0.2) is 30.4 Å². The number of nitrogens with zero attached hydrogens (tertiary/aromatic N) is 1. The lowest BCUT2D eigenvalue weighted by atomic mass is 10.1. The normalized spacial score (nSPS) is 17.2. The first-order valence-electron chi connectivity index (χ1n) is 8.54. The first-order valence-corrected chi connectivity index (χ1v) is 9.48. The minimum atomic E-state index is -0.327. The number of carbonyl (C=O) groups is 1. The fourth-order valence-corrected chi connectivity index (χ4v) is 3.93. The zero-order chi connectivity index (χ0) is 16.8. The highest BCUT2D eigenvalue weighted by Crippen LogP contribution is 2.25. The summed E-state index contributed by atoms with van der Waals surface area (Å²) in [7, 11) is 0. The van der Waals surface area contributed by atoms with Crippen molar-refractivity contribution in [3.8, 4) is 0 Å². The average Bonchev–Trinajstić information content (AvgIpc) is 2.98. The molecule has 2 heterocycles. The van der Waals surface area contributed by atoms with Gasteiger partial charge in [-0.25, -0.2) is 4.39 Å². The molecule has 1 aliphatic heterocycles. The molecule has 1 fully saturated rings. The van der Waals surface area contributed by atoms with Crippen LogP contribution in [0.25, 0.3) is 0 Å². The van der Waals surface area contributed by atoms with Crippen LogP contribution in [0.2, 0.25) is 0 Å². The average molecular weight is 346 g/mol. The molecule has 1 aromatic carbocycles. The number of hydrogen-bond acceptors (Lipinski definition) is 3. The van der Waals surface area contributed by atoms with Crippen molar-refractivity contribution >= 4 is 17.2 Å². The molecule has 3 nitrogen and oxygen atoms in total. The van der Waals surface area contributed by atoms with Gasteiger partial charge in [-0.1, -0.05) is 12.8 Å². The van der Waals surface area contributed by atoms with Gasteiger partial charge < -0.3 is 5.32 Å². The SMILES string of the molecule is O=C(NCC(c1ccsc1)N1CCCCCC1)c1ccc(F)cc1. The molecule has 128 valence electrons. The van der Waals surface area contributed by atoms with E-state index in [-0.39, 0.29) is 17.8 Å². The van der Waals surface area contributed by atoms with Gasteiger partial charge in [0.1, 0.15) is 5.82 Å². The van der Waals surface area contributed by atoms with Crippen molar-refractivity contribution < 1.29 is 9.18 Å². The second kappa shape index (κ2) is 8.40. The molecule has 1 amide bonds. The fourth-order valence-electron chi connectivity index (χ4n) is 3.22. The second-order valence-corrected chi connectivity index (χ2v) is 7.02. The lowest BCUT2D eigenvalue weighted by Gasteiger charge is -2.30. The Balaban J connectivity index is 1.67. The van der Waals surface area contributed by atoms with E-state index in [9.17, 15) is 9.18 Å². The van der Waals surface area contributed by atoms with Gasteiger partial charge in [0.2, 0.25) is 0 Å². The lowest BCUT2D eigenvalue weighted by molar-refractivity contribution is 0.0933. The van der Waals surface area contributed by atoms with Gasteiger partial charge >= 0.3 is 0 Å². The minimum Gasteiger partial charge on any atom is -0.350 e. The Labute approximate surface area is 146 Å². The third kappa shape index (κ3) is 4.42. The number of halogens is 1. The van der Waals surface area contributed by atoms with Gasteiger partial charge in [-0.3, -0.25) is 9.69 Å². The van der Waals surface area contributed by atoms with Crippen LogP contribution in [0, 0.1) is 5.82 Å². The third-order valence-corrected chi connectivity index (χ3v) is 5.27. The molecule has 0 spiro atoms. The summed E-state index contributed by atoms with van der Waals surface area (Å²) in [6, 6.07) is 8.04. The van der Waals surface area contributed by atoms with E-state index in [2.05, 4.69) is 27.0 Å². The topological polar surface area (TPSA) is 32.3 Å². The Morgan fingerprint density at radius 1 is 1.12 bits per heavy atom. The molecule has 0 radical (unpaired) electrons. The molecule has 0 bridgehead atoms. The highest BCUT2D eigenvalue weighted by atomic mass is 32.1. The molecule has 1 aliphatic rings. The molecule has 1 unspecified atom stereocenters. The third-order valence-electron chi connectivity index (χ3n) is 4.57. The molecule has 1 N–H and O–H groups in total. The molecular weight excluding hydrogens is 323 g/mol. The number of rotatable bonds is 5. The number of likely N-dealkylation sites (tertiary alicyclic amines) is 1. The molecule has 1 atom stereocenters. The smallest absolute Gasteiger partial charge is 0.251 e. The number of hydrogen-bond donors (Lipinski definition) is 1. The van der Waals surface area contributed by atoms with Crippen LogP contribution in [0.5, 0.6) is 0 Å². The molecule has 5 heteroatoms. The van der Waals surface area contributed by atoms with Gasteiger partial charge in [-0.05, 0) is 72.6 Å². The highest BCUT2D eigenvalue weighted by molar-refractivity contribution is 7.07. The molecule has 0 aliphatic carbocycles. The van der Waals surface area contributed by atoms with E-state index in [1.165, 1.54) is 55.5 Å². The quantitative estimate of drug-likeness (QED) is 0.878. The van der Waals surface area contributed by atoms with Crippen molar-refractivity contribution in [1.29, 1.82) is 0 Å². The Kier molecular flexibility index (Phi) is 5.99. The van der Waals surface area contributed by atoms with Crippen molar-refractivity contribution in [1.82, 2.24) is 10.2 Å². The largest absolute Gasteiger partial charge is 0.350 e. The molecule has 24 heavy (non-hydrogen) atoms. The summed E-state index contributed by atoms with van der Waals surface area (Å²) in [5.41, 5.74) is 1.76. The summed E-state index contributed by atoms with van der Waals surface area (Å²) in [6.07, 6.45) is 5.00. The Morgan fingerprint density at radius 3 is 2.46 bits per heavy atom. The van der Waals surface area contributed by atoms with Crippen molar-refractivity contribution in [3.05, 3.63) is 58.0 Å². The summed E-state index contributed by atoms with van der Waals surface area (Å²) in [4.78, 5) is 14.8. The maximum absolute atomic E-state index is 13.0. The predicted octanol–water partition coefficient (Wildman–Crippen LogP) is 4.23. The van der Waals surface area contributed by atoms with E-state index in [0.717, 1.165) is 13.1 Å². The lowest BCUT2D eigenvalue weighted by Crippen LogP contribution is -2.38. The van der Waals surface area contributed by atoms with Crippen molar-refractivity contribution in [2.24, 2.45) is 0 Å². The molecular formula is C19H23FN2OS. The van der Waals surface area contributed by atoms with E-state index >= 15 is 0 Å². The number of benzene rings is 1.